The van der Waals surface area contributed by atoms with E-state index in [4.69, 9.17) is 0 Å². The molecule has 1 aliphatic rings. The van der Waals surface area contributed by atoms with Gasteiger partial charge in [0, 0.05) is 6.42 Å². The zero-order valence-electron chi connectivity index (χ0n) is 10.6. The first-order chi connectivity index (χ1) is 7.82. The molecule has 0 saturated carbocycles. The van der Waals surface area contributed by atoms with Crippen molar-refractivity contribution in [3.05, 3.63) is 11.4 Å². The normalized spacial score (nSPS) is 20.5. The molecule has 0 N–H and O–H groups in total. The molecule has 5 heteroatoms. The van der Waals surface area contributed by atoms with Crippen LogP contribution in [0.25, 0.3) is 0 Å². The Hall–Kier alpha value is -1.00. The van der Waals surface area contributed by atoms with Gasteiger partial charge in [-0.25, -0.2) is 4.68 Å². The number of nitrogens with zero attached hydrogens (tertiary/aromatic N) is 3. The van der Waals surface area contributed by atoms with Gasteiger partial charge in [0.1, 0.15) is 0 Å². The van der Waals surface area contributed by atoms with Crippen LogP contribution in [0.1, 0.15) is 57.8 Å². The Labute approximate surface area is 100 Å². The van der Waals surface area contributed by atoms with E-state index in [9.17, 15) is 8.78 Å². The van der Waals surface area contributed by atoms with Gasteiger partial charge in [0.25, 0.3) is 5.92 Å². The van der Waals surface area contributed by atoms with Gasteiger partial charge in [0.15, 0.2) is 5.69 Å². The van der Waals surface area contributed by atoms with Crippen LogP contribution >= 0.6 is 0 Å². The van der Waals surface area contributed by atoms with Crippen LogP contribution in [-0.2, 0) is 17.9 Å². The van der Waals surface area contributed by atoms with Crippen LogP contribution in [-0.4, -0.2) is 15.0 Å². The number of hydrogen-bond donors (Lipinski definition) is 0. The molecule has 96 valence electrons. The molecule has 1 aromatic heterocycles. The monoisotopic (exact) mass is 243 g/mol. The van der Waals surface area contributed by atoms with Crippen molar-refractivity contribution in [3.63, 3.8) is 0 Å². The molecule has 0 spiro atoms. The average molecular weight is 243 g/mol. The summed E-state index contributed by atoms with van der Waals surface area (Å²) in [6, 6.07) is 0. The molecular formula is C12H19F2N3. The fourth-order valence-corrected chi connectivity index (χ4v) is 2.28. The van der Waals surface area contributed by atoms with Gasteiger partial charge in [0.2, 0.25) is 0 Å². The summed E-state index contributed by atoms with van der Waals surface area (Å²) in [7, 11) is 0. The highest BCUT2D eigenvalue weighted by Gasteiger charge is 2.39. The van der Waals surface area contributed by atoms with Crippen molar-refractivity contribution in [2.24, 2.45) is 0 Å². The fraction of sp³-hybridized carbons (Fsp3) is 0.833. The number of fused-ring (bicyclic) bond motifs is 1. The summed E-state index contributed by atoms with van der Waals surface area (Å²) >= 11 is 0. The highest BCUT2D eigenvalue weighted by molar-refractivity contribution is 5.18. The Morgan fingerprint density at radius 3 is 2.53 bits per heavy atom. The molecule has 0 unspecified atom stereocenters. The smallest absolute Gasteiger partial charge is 0.244 e. The molecule has 0 aromatic carbocycles. The van der Waals surface area contributed by atoms with Gasteiger partial charge in [-0.05, 0) is 40.0 Å². The zero-order valence-corrected chi connectivity index (χ0v) is 10.6. The van der Waals surface area contributed by atoms with Crippen molar-refractivity contribution in [2.75, 3.05) is 0 Å². The maximum absolute atomic E-state index is 13.9. The second-order valence-corrected chi connectivity index (χ2v) is 5.73. The maximum Gasteiger partial charge on any atom is 0.293 e. The molecule has 0 atom stereocenters. The van der Waals surface area contributed by atoms with E-state index in [-0.39, 0.29) is 17.7 Å². The molecule has 2 rings (SSSR count). The molecule has 0 bridgehead atoms. The molecule has 0 amide bonds. The first kappa shape index (κ1) is 12.5. The number of hydrogen-bond acceptors (Lipinski definition) is 2. The topological polar surface area (TPSA) is 30.7 Å². The van der Waals surface area contributed by atoms with Crippen molar-refractivity contribution < 1.29 is 8.78 Å². The molecule has 0 aliphatic heterocycles. The lowest BCUT2D eigenvalue weighted by Crippen LogP contribution is -2.27. The van der Waals surface area contributed by atoms with E-state index < -0.39 is 5.92 Å². The first-order valence-electron chi connectivity index (χ1n) is 6.16. The average Bonchev–Trinajstić information content (AvgIpc) is 2.58. The summed E-state index contributed by atoms with van der Waals surface area (Å²) in [4.78, 5) is 0. The number of rotatable bonds is 0. The van der Waals surface area contributed by atoms with Crippen molar-refractivity contribution in [2.45, 2.75) is 64.3 Å². The predicted molar refractivity (Wildman–Crippen MR) is 61.1 cm³/mol. The third-order valence-electron chi connectivity index (χ3n) is 3.15. The Morgan fingerprint density at radius 1 is 1.18 bits per heavy atom. The number of aromatic nitrogens is 3. The number of halogens is 2. The first-order valence-corrected chi connectivity index (χ1v) is 6.16. The van der Waals surface area contributed by atoms with Crippen molar-refractivity contribution in [1.29, 1.82) is 0 Å². The Balaban J connectivity index is 2.49. The van der Waals surface area contributed by atoms with E-state index in [1.165, 1.54) is 0 Å². The van der Waals surface area contributed by atoms with Gasteiger partial charge in [-0.2, -0.15) is 8.78 Å². The molecular weight excluding hydrogens is 224 g/mol. The van der Waals surface area contributed by atoms with E-state index in [1.807, 2.05) is 20.8 Å². The molecule has 0 radical (unpaired) electrons. The van der Waals surface area contributed by atoms with E-state index in [1.54, 1.807) is 4.68 Å². The fourth-order valence-electron chi connectivity index (χ4n) is 2.28. The van der Waals surface area contributed by atoms with Gasteiger partial charge in [0.05, 0.1) is 11.2 Å². The lowest BCUT2D eigenvalue weighted by atomic mass is 9.97. The second kappa shape index (κ2) is 4.03. The van der Waals surface area contributed by atoms with E-state index in [2.05, 4.69) is 10.3 Å². The minimum Gasteiger partial charge on any atom is -0.244 e. The molecule has 0 saturated heterocycles. The predicted octanol–water partition coefficient (Wildman–Crippen LogP) is 3.24. The van der Waals surface area contributed by atoms with Crippen LogP contribution in [0.3, 0.4) is 0 Å². The minimum absolute atomic E-state index is 0.105. The standard InChI is InChI=1S/C12H19F2N3/c1-11(2,3)17-9-7-5-4-6-8-12(13,14)10(9)15-16-17/h4-8H2,1-3H3. The van der Waals surface area contributed by atoms with Gasteiger partial charge in [-0.3, -0.25) is 0 Å². The highest BCUT2D eigenvalue weighted by atomic mass is 19.3. The third-order valence-corrected chi connectivity index (χ3v) is 3.15. The third kappa shape index (κ3) is 2.33. The van der Waals surface area contributed by atoms with Crippen LogP contribution in [0.5, 0.6) is 0 Å². The van der Waals surface area contributed by atoms with Gasteiger partial charge in [-0.1, -0.05) is 11.6 Å². The maximum atomic E-state index is 13.9. The number of alkyl halides is 2. The zero-order chi connectivity index (χ0) is 12.7. The van der Waals surface area contributed by atoms with Gasteiger partial charge < -0.3 is 0 Å². The minimum atomic E-state index is -2.82. The van der Waals surface area contributed by atoms with Crippen LogP contribution < -0.4 is 0 Å². The SMILES string of the molecule is CC(C)(C)n1nnc2c1CCCCCC2(F)F. The quantitative estimate of drug-likeness (QED) is 0.700. The summed E-state index contributed by atoms with van der Waals surface area (Å²) in [5, 5.41) is 7.68. The van der Waals surface area contributed by atoms with Crippen molar-refractivity contribution in [3.8, 4) is 0 Å². The van der Waals surface area contributed by atoms with Crippen LogP contribution in [0.2, 0.25) is 0 Å². The lowest BCUT2D eigenvalue weighted by Gasteiger charge is -2.24. The Bertz CT molecular complexity index is 404. The molecule has 0 fully saturated rings. The van der Waals surface area contributed by atoms with Crippen LogP contribution in [0.4, 0.5) is 8.78 Å². The highest BCUT2D eigenvalue weighted by Crippen LogP contribution is 2.37. The van der Waals surface area contributed by atoms with Crippen LogP contribution in [0, 0.1) is 0 Å². The van der Waals surface area contributed by atoms with E-state index in [0.717, 1.165) is 12.8 Å². The largest absolute Gasteiger partial charge is 0.293 e. The second-order valence-electron chi connectivity index (χ2n) is 5.73. The Morgan fingerprint density at radius 2 is 1.88 bits per heavy atom. The molecule has 17 heavy (non-hydrogen) atoms. The molecule has 1 aromatic rings. The van der Waals surface area contributed by atoms with Gasteiger partial charge >= 0.3 is 0 Å². The summed E-state index contributed by atoms with van der Waals surface area (Å²) in [6.07, 6.45) is 2.89. The van der Waals surface area contributed by atoms with Crippen molar-refractivity contribution in [1.82, 2.24) is 15.0 Å². The molecule has 1 aliphatic carbocycles. The lowest BCUT2D eigenvalue weighted by molar-refractivity contribution is -0.0226. The summed E-state index contributed by atoms with van der Waals surface area (Å²) < 4.78 is 29.5. The molecule has 1 heterocycles. The molecule has 3 nitrogen and oxygen atoms in total. The van der Waals surface area contributed by atoms with Crippen molar-refractivity contribution >= 4 is 0 Å². The van der Waals surface area contributed by atoms with E-state index in [0.29, 0.717) is 18.5 Å². The Kier molecular flexibility index (Phi) is 2.96. The van der Waals surface area contributed by atoms with Gasteiger partial charge in [-0.15, -0.1) is 5.10 Å². The summed E-state index contributed by atoms with van der Waals surface area (Å²) in [5.41, 5.74) is 0.213. The van der Waals surface area contributed by atoms with Crippen LogP contribution in [0.15, 0.2) is 0 Å². The summed E-state index contributed by atoms with van der Waals surface area (Å²) in [6.45, 7) is 5.87. The summed E-state index contributed by atoms with van der Waals surface area (Å²) in [5.74, 6) is -2.82. The van der Waals surface area contributed by atoms with E-state index >= 15 is 0 Å².